The van der Waals surface area contributed by atoms with Crippen molar-refractivity contribution in [3.63, 3.8) is 0 Å². The average molecular weight is 660 g/mol. The van der Waals surface area contributed by atoms with Crippen LogP contribution in [-0.2, 0) is 6.42 Å². The molecule has 0 radical (unpaired) electrons. The molecule has 1 aliphatic carbocycles. The van der Waals surface area contributed by atoms with Crippen LogP contribution in [0.2, 0.25) is 0 Å². The monoisotopic (exact) mass is 659 g/mol. The van der Waals surface area contributed by atoms with Gasteiger partial charge in [-0.05, 0) is 66.9 Å². The normalized spacial score (nSPS) is 13.0. The van der Waals surface area contributed by atoms with Gasteiger partial charge in [0.1, 0.15) is 11.3 Å². The van der Waals surface area contributed by atoms with E-state index in [0.717, 1.165) is 68.5 Å². The molecule has 4 nitrogen and oxygen atoms in total. The van der Waals surface area contributed by atoms with Gasteiger partial charge in [-0.3, -0.25) is 4.40 Å². The summed E-state index contributed by atoms with van der Waals surface area (Å²) in [6, 6.07) is 50.2. The molecule has 0 bridgehead atoms. The molecule has 10 aromatic rings. The lowest BCUT2D eigenvalue weighted by Gasteiger charge is -2.10. The lowest BCUT2D eigenvalue weighted by atomic mass is 9.98. The van der Waals surface area contributed by atoms with Crippen LogP contribution in [0, 0.1) is 0 Å². The molecule has 1 aliphatic rings. The molecular weight excluding hydrogens is 631 g/mol. The first kappa shape index (κ1) is 27.7. The molecule has 0 saturated heterocycles. The first-order chi connectivity index (χ1) is 24.8. The van der Waals surface area contributed by atoms with Crippen LogP contribution < -0.4 is 0 Å². The first-order valence-corrected chi connectivity index (χ1v) is 17.9. The van der Waals surface area contributed by atoms with Crippen LogP contribution in [0.1, 0.15) is 17.7 Å². The number of aryl methyl sites for hydroxylation is 1. The van der Waals surface area contributed by atoms with Crippen molar-refractivity contribution in [2.75, 3.05) is 0 Å². The summed E-state index contributed by atoms with van der Waals surface area (Å²) in [6.45, 7) is 0. The number of benzene rings is 6. The predicted molar refractivity (Wildman–Crippen MR) is 208 cm³/mol. The standard InChI is InChI=1S/C45H29N3OS/c1-2-11-29(12-3-1)43-42(46-45-48(43)39-18-7-9-20-41(39)50-45)30-23-26-38-36(27-30)33-13-4-6-17-37(33)47(38)31-24-21-28(22-25-31)32-15-10-16-35-34-14-5-8-19-40(34)49-44(32)35/h1-4,6-13,15-27H,5,14H2. The number of fused-ring (bicyclic) bond motifs is 9. The molecule has 0 unspecified atom stereocenters. The summed E-state index contributed by atoms with van der Waals surface area (Å²) in [6.07, 6.45) is 6.42. The summed E-state index contributed by atoms with van der Waals surface area (Å²) in [5.41, 5.74) is 13.6. The summed E-state index contributed by atoms with van der Waals surface area (Å²) in [7, 11) is 0. The Morgan fingerprint density at radius 2 is 1.38 bits per heavy atom. The Balaban J connectivity index is 1.07. The molecule has 0 spiro atoms. The van der Waals surface area contributed by atoms with E-state index >= 15 is 0 Å². The van der Waals surface area contributed by atoms with Gasteiger partial charge >= 0.3 is 0 Å². The molecule has 0 fully saturated rings. The molecule has 0 N–H and O–H groups in total. The number of rotatable bonds is 4. The van der Waals surface area contributed by atoms with Crippen molar-refractivity contribution in [1.82, 2.24) is 14.0 Å². The highest BCUT2D eigenvalue weighted by molar-refractivity contribution is 7.23. The number of aromatic nitrogens is 3. The molecule has 236 valence electrons. The summed E-state index contributed by atoms with van der Waals surface area (Å²) in [5.74, 6) is 1.000. The van der Waals surface area contributed by atoms with Crippen LogP contribution in [0.15, 0.2) is 150 Å². The highest BCUT2D eigenvalue weighted by Crippen LogP contribution is 2.42. The predicted octanol–water partition coefficient (Wildman–Crippen LogP) is 12.4. The molecule has 4 heterocycles. The van der Waals surface area contributed by atoms with Gasteiger partial charge in [0.25, 0.3) is 0 Å². The van der Waals surface area contributed by atoms with Gasteiger partial charge in [-0.2, -0.15) is 0 Å². The zero-order valence-electron chi connectivity index (χ0n) is 27.0. The maximum Gasteiger partial charge on any atom is 0.195 e. The van der Waals surface area contributed by atoms with Crippen molar-refractivity contribution in [3.05, 3.63) is 157 Å². The van der Waals surface area contributed by atoms with Crippen LogP contribution >= 0.6 is 11.3 Å². The molecule has 0 amide bonds. The van der Waals surface area contributed by atoms with E-state index in [9.17, 15) is 0 Å². The fourth-order valence-corrected chi connectivity index (χ4v) is 9.02. The third kappa shape index (κ3) is 4.01. The number of imidazole rings is 1. The Morgan fingerprint density at radius 1 is 0.620 bits per heavy atom. The lowest BCUT2D eigenvalue weighted by molar-refractivity contribution is 0.596. The van der Waals surface area contributed by atoms with E-state index in [0.29, 0.717) is 0 Å². The summed E-state index contributed by atoms with van der Waals surface area (Å²) < 4.78 is 12.4. The number of allylic oxidation sites excluding steroid dienone is 1. The van der Waals surface area contributed by atoms with E-state index in [1.165, 1.54) is 43.0 Å². The number of para-hydroxylation sites is 3. The van der Waals surface area contributed by atoms with Gasteiger partial charge < -0.3 is 8.98 Å². The van der Waals surface area contributed by atoms with Crippen molar-refractivity contribution in [2.45, 2.75) is 12.8 Å². The highest BCUT2D eigenvalue weighted by atomic mass is 32.1. The molecule has 0 saturated carbocycles. The minimum atomic E-state index is 0.975. The zero-order chi connectivity index (χ0) is 32.8. The van der Waals surface area contributed by atoms with Crippen molar-refractivity contribution < 1.29 is 4.42 Å². The van der Waals surface area contributed by atoms with Gasteiger partial charge in [0.2, 0.25) is 0 Å². The zero-order valence-corrected chi connectivity index (χ0v) is 27.8. The molecule has 0 atom stereocenters. The van der Waals surface area contributed by atoms with Crippen LogP contribution in [0.3, 0.4) is 0 Å². The van der Waals surface area contributed by atoms with Crippen molar-refractivity contribution >= 4 is 65.4 Å². The Labute approximate surface area is 291 Å². The van der Waals surface area contributed by atoms with Crippen LogP contribution in [0.4, 0.5) is 0 Å². The third-order valence-corrected chi connectivity index (χ3v) is 11.3. The van der Waals surface area contributed by atoms with E-state index in [-0.39, 0.29) is 0 Å². The summed E-state index contributed by atoms with van der Waals surface area (Å²) in [4.78, 5) is 6.30. The van der Waals surface area contributed by atoms with E-state index in [1.54, 1.807) is 11.3 Å². The first-order valence-electron chi connectivity index (χ1n) is 17.1. The number of nitrogens with zero attached hydrogens (tertiary/aromatic N) is 3. The Hall–Kier alpha value is -6.17. The Morgan fingerprint density at radius 3 is 2.28 bits per heavy atom. The van der Waals surface area contributed by atoms with E-state index < -0.39 is 0 Å². The smallest absolute Gasteiger partial charge is 0.195 e. The number of furan rings is 1. The van der Waals surface area contributed by atoms with E-state index in [2.05, 4.69) is 161 Å². The SMILES string of the molecule is C1=Cc2oc3c(-c4ccc(-n5c6ccccc6c6cc(-c7nc8sc9ccccc9n8c7-c7ccccc7)ccc65)cc4)cccc3c2CC1. The fourth-order valence-electron chi connectivity index (χ4n) is 8.00. The summed E-state index contributed by atoms with van der Waals surface area (Å²) in [5, 5.41) is 3.66. The second-order valence-electron chi connectivity index (χ2n) is 13.1. The maximum atomic E-state index is 6.42. The van der Waals surface area contributed by atoms with Gasteiger partial charge in [-0.15, -0.1) is 0 Å². The molecule has 50 heavy (non-hydrogen) atoms. The van der Waals surface area contributed by atoms with E-state index in [4.69, 9.17) is 9.40 Å². The third-order valence-electron chi connectivity index (χ3n) is 10.3. The molecule has 4 aromatic heterocycles. The topological polar surface area (TPSA) is 35.4 Å². The molecule has 5 heteroatoms. The van der Waals surface area contributed by atoms with Crippen LogP contribution in [-0.4, -0.2) is 14.0 Å². The Kier molecular flexibility index (Phi) is 5.92. The second-order valence-corrected chi connectivity index (χ2v) is 14.1. The van der Waals surface area contributed by atoms with Gasteiger partial charge in [0, 0.05) is 44.1 Å². The van der Waals surface area contributed by atoms with E-state index in [1.807, 2.05) is 0 Å². The Bertz CT molecular complexity index is 2970. The number of thiazole rings is 1. The maximum absolute atomic E-state index is 6.42. The van der Waals surface area contributed by atoms with Gasteiger partial charge in [0.05, 0.1) is 32.6 Å². The van der Waals surface area contributed by atoms with Crippen LogP contribution in [0.5, 0.6) is 0 Å². The van der Waals surface area contributed by atoms with Gasteiger partial charge in [0.15, 0.2) is 4.96 Å². The highest BCUT2D eigenvalue weighted by Gasteiger charge is 2.22. The molecular formula is C45H29N3OS. The van der Waals surface area contributed by atoms with Gasteiger partial charge in [-0.25, -0.2) is 4.98 Å². The molecule has 0 aliphatic heterocycles. The number of hydrogen-bond donors (Lipinski definition) is 0. The van der Waals surface area contributed by atoms with Crippen molar-refractivity contribution in [1.29, 1.82) is 0 Å². The average Bonchev–Trinajstić information content (AvgIpc) is 3.93. The van der Waals surface area contributed by atoms with Gasteiger partial charge in [-0.1, -0.05) is 114 Å². The van der Waals surface area contributed by atoms with Crippen LogP contribution in [0.25, 0.3) is 93.4 Å². The quantitative estimate of drug-likeness (QED) is 0.188. The molecule has 6 aromatic carbocycles. The lowest BCUT2D eigenvalue weighted by Crippen LogP contribution is -1.94. The largest absolute Gasteiger partial charge is 0.456 e. The summed E-state index contributed by atoms with van der Waals surface area (Å²) >= 11 is 1.74. The molecule has 11 rings (SSSR count). The minimum absolute atomic E-state index is 0.975. The minimum Gasteiger partial charge on any atom is -0.456 e. The fraction of sp³-hybridized carbons (Fsp3) is 0.0444. The van der Waals surface area contributed by atoms with Crippen molar-refractivity contribution in [2.24, 2.45) is 0 Å². The second kappa shape index (κ2) is 10.7. The van der Waals surface area contributed by atoms with Crippen molar-refractivity contribution in [3.8, 4) is 39.3 Å². The number of hydrogen-bond acceptors (Lipinski definition) is 3.